The van der Waals surface area contributed by atoms with E-state index in [0.717, 1.165) is 41.2 Å². The Hall–Kier alpha value is -2.86. The summed E-state index contributed by atoms with van der Waals surface area (Å²) in [6.07, 6.45) is 5.19. The number of hydrogen-bond acceptors (Lipinski definition) is 4. The molecular weight excluding hydrogens is 443 g/mol. The number of allylic oxidation sites excluding steroid dienone is 3. The molecule has 4 rings (SSSR count). The summed E-state index contributed by atoms with van der Waals surface area (Å²) < 4.78 is 29.6. The molecule has 1 aliphatic heterocycles. The maximum atomic E-state index is 14.5. The zero-order valence-electron chi connectivity index (χ0n) is 19.2. The third-order valence-electron chi connectivity index (χ3n) is 6.16. The number of benzene rings is 1. The van der Waals surface area contributed by atoms with E-state index in [1.165, 1.54) is 12.1 Å². The van der Waals surface area contributed by atoms with Crippen LogP contribution in [0.2, 0.25) is 0 Å². The molecule has 1 unspecified atom stereocenters. The van der Waals surface area contributed by atoms with Crippen LogP contribution in [-0.2, 0) is 17.9 Å². The van der Waals surface area contributed by atoms with E-state index >= 15 is 0 Å². The van der Waals surface area contributed by atoms with Gasteiger partial charge < -0.3 is 10.3 Å². The summed E-state index contributed by atoms with van der Waals surface area (Å²) in [4.78, 5) is 17.1. The van der Waals surface area contributed by atoms with E-state index in [2.05, 4.69) is 14.3 Å². The Bertz CT molecular complexity index is 1200. The van der Waals surface area contributed by atoms with Crippen LogP contribution in [0, 0.1) is 17.0 Å². The van der Waals surface area contributed by atoms with Crippen LogP contribution in [0.3, 0.4) is 0 Å². The molecule has 1 atom stereocenters. The minimum absolute atomic E-state index is 0.125. The Morgan fingerprint density at radius 1 is 1.24 bits per heavy atom. The molecule has 6 nitrogen and oxygen atoms in total. The van der Waals surface area contributed by atoms with Crippen molar-refractivity contribution in [1.29, 1.82) is 5.41 Å². The van der Waals surface area contributed by atoms with Gasteiger partial charge >= 0.3 is 0 Å². The lowest BCUT2D eigenvalue weighted by Gasteiger charge is -2.31. The smallest absolute Gasteiger partial charge is 0.258 e. The fourth-order valence-electron chi connectivity index (χ4n) is 4.09. The maximum Gasteiger partial charge on any atom is 0.258 e. The Balaban J connectivity index is 1.70. The quantitative estimate of drug-likeness (QED) is 0.477. The van der Waals surface area contributed by atoms with Gasteiger partial charge in [0.2, 0.25) is 0 Å². The summed E-state index contributed by atoms with van der Waals surface area (Å²) >= 11 is 0. The van der Waals surface area contributed by atoms with Crippen molar-refractivity contribution >= 4 is 26.5 Å². The molecule has 0 spiro atoms. The van der Waals surface area contributed by atoms with E-state index in [9.17, 15) is 13.6 Å². The maximum absolute atomic E-state index is 14.5. The highest BCUT2D eigenvalue weighted by Gasteiger charge is 2.51. The van der Waals surface area contributed by atoms with Gasteiger partial charge in [-0.1, -0.05) is 6.07 Å². The van der Waals surface area contributed by atoms with Crippen LogP contribution < -0.4 is 4.90 Å². The van der Waals surface area contributed by atoms with Gasteiger partial charge in [0.05, 0.1) is 18.4 Å². The zero-order valence-corrected chi connectivity index (χ0v) is 20.4. The van der Waals surface area contributed by atoms with Gasteiger partial charge in [0.1, 0.15) is 23.0 Å². The van der Waals surface area contributed by atoms with Crippen LogP contribution in [-0.4, -0.2) is 31.8 Å². The monoisotopic (exact) mass is 471 g/mol. The molecule has 174 valence electrons. The predicted molar refractivity (Wildman–Crippen MR) is 128 cm³/mol. The van der Waals surface area contributed by atoms with Gasteiger partial charge in [-0.2, -0.15) is 5.10 Å². The average Bonchev–Trinajstić information content (AvgIpc) is 3.42. The molecule has 1 N–H and O–H groups in total. The Morgan fingerprint density at radius 2 is 1.94 bits per heavy atom. The first-order valence-corrected chi connectivity index (χ1v) is 11.4. The van der Waals surface area contributed by atoms with Crippen LogP contribution in [0.5, 0.6) is 0 Å². The largest absolute Gasteiger partial charge is 0.339 e. The van der Waals surface area contributed by atoms with Crippen LogP contribution in [0.1, 0.15) is 46.1 Å². The number of carbonyl (C=O) groups is 1. The summed E-state index contributed by atoms with van der Waals surface area (Å²) in [7, 11) is 2.62. The number of rotatable bonds is 6. The van der Waals surface area contributed by atoms with E-state index in [4.69, 9.17) is 5.41 Å². The highest BCUT2D eigenvalue weighted by Crippen LogP contribution is 2.45. The molecular formula is C24H28F2N5OP. The van der Waals surface area contributed by atoms with Gasteiger partial charge in [-0.25, -0.2) is 8.78 Å². The van der Waals surface area contributed by atoms with Gasteiger partial charge in [-0.05, 0) is 63.1 Å². The molecule has 2 fully saturated rings. The summed E-state index contributed by atoms with van der Waals surface area (Å²) in [5.74, 6) is -0.620. The zero-order chi connectivity index (χ0) is 24.1. The van der Waals surface area contributed by atoms with E-state index in [1.807, 2.05) is 25.7 Å². The van der Waals surface area contributed by atoms with E-state index < -0.39 is 17.2 Å². The van der Waals surface area contributed by atoms with Crippen molar-refractivity contribution in [1.82, 2.24) is 14.7 Å². The van der Waals surface area contributed by atoms with Crippen LogP contribution in [0.4, 0.5) is 14.5 Å². The molecule has 2 heterocycles. The molecule has 1 aromatic carbocycles. The number of aromatic nitrogens is 2. The third kappa shape index (κ3) is 4.36. The number of carbonyl (C=O) groups excluding carboxylic acids is 1. The van der Waals surface area contributed by atoms with Crippen molar-refractivity contribution in [2.45, 2.75) is 59.2 Å². The molecule has 0 bridgehead atoms. The number of halogens is 2. The van der Waals surface area contributed by atoms with Crippen molar-refractivity contribution in [2.24, 2.45) is 0 Å². The van der Waals surface area contributed by atoms with E-state index in [0.29, 0.717) is 23.5 Å². The van der Waals surface area contributed by atoms with Crippen molar-refractivity contribution in [3.05, 3.63) is 70.1 Å². The van der Waals surface area contributed by atoms with Gasteiger partial charge in [-0.15, -0.1) is 9.24 Å². The number of nitrogens with one attached hydrogen (secondary N) is 1. The van der Waals surface area contributed by atoms with Crippen molar-refractivity contribution in [3.8, 4) is 0 Å². The van der Waals surface area contributed by atoms with E-state index in [-0.39, 0.29) is 12.5 Å². The summed E-state index contributed by atoms with van der Waals surface area (Å²) in [6, 6.07) is 3.54. The molecule has 1 saturated heterocycles. The summed E-state index contributed by atoms with van der Waals surface area (Å²) in [5.41, 5.74) is 2.50. The number of nitrogens with zero attached hydrogens (tertiary/aromatic N) is 4. The van der Waals surface area contributed by atoms with Gasteiger partial charge in [0.25, 0.3) is 5.91 Å². The number of anilines is 1. The minimum Gasteiger partial charge on any atom is -0.339 e. The molecule has 33 heavy (non-hydrogen) atoms. The Labute approximate surface area is 194 Å². The second kappa shape index (κ2) is 8.49. The second-order valence-electron chi connectivity index (χ2n) is 9.13. The molecule has 1 aromatic heterocycles. The van der Waals surface area contributed by atoms with E-state index in [1.54, 1.807) is 28.9 Å². The molecule has 1 saturated carbocycles. The Kier molecular flexibility index (Phi) is 5.99. The SMILES string of the molecule is CC(=N)C(Cn1cc(N2C(=O)C(C)(C)N(Cc3ccc(F)cc3F)C2=C2CC2)cn1)=C(C)P. The fourth-order valence-corrected chi connectivity index (χ4v) is 4.40. The molecule has 9 heteroatoms. The molecule has 1 amide bonds. The molecule has 2 aliphatic rings. The standard InChI is InChI=1S/C24H28F2N5OP/c1-14(27)20(15(2)33)13-29-12-19(10-28-29)31-22(16-5-6-16)30(24(3,4)23(31)32)11-17-7-8-18(25)9-21(17)26/h7-10,12,27H,5-6,11,13,33H2,1-4H3. The van der Waals surface area contributed by atoms with Crippen molar-refractivity contribution < 1.29 is 13.6 Å². The number of hydrogen-bond donors (Lipinski definition) is 1. The first-order valence-electron chi connectivity index (χ1n) is 10.8. The lowest BCUT2D eigenvalue weighted by molar-refractivity contribution is -0.123. The fraction of sp³-hybridized carbons (Fsp3) is 0.375. The molecule has 1 aliphatic carbocycles. The van der Waals surface area contributed by atoms with Crippen LogP contribution >= 0.6 is 9.24 Å². The summed E-state index contributed by atoms with van der Waals surface area (Å²) in [5, 5.41) is 13.4. The second-order valence-corrected chi connectivity index (χ2v) is 10.00. The van der Waals surface area contributed by atoms with Crippen molar-refractivity contribution in [3.63, 3.8) is 0 Å². The van der Waals surface area contributed by atoms with Crippen LogP contribution in [0.15, 0.2) is 52.9 Å². The first kappa shape index (κ1) is 23.3. The van der Waals surface area contributed by atoms with Gasteiger partial charge in [0, 0.05) is 30.1 Å². The normalized spacial score (nSPS) is 18.2. The lowest BCUT2D eigenvalue weighted by atomic mass is 10.0. The lowest BCUT2D eigenvalue weighted by Crippen LogP contribution is -2.43. The first-order chi connectivity index (χ1) is 15.5. The topological polar surface area (TPSA) is 65.2 Å². The Morgan fingerprint density at radius 3 is 2.52 bits per heavy atom. The summed E-state index contributed by atoms with van der Waals surface area (Å²) in [6.45, 7) is 7.88. The highest BCUT2D eigenvalue weighted by atomic mass is 31.0. The van der Waals surface area contributed by atoms with Crippen LogP contribution in [0.25, 0.3) is 0 Å². The number of amides is 1. The highest BCUT2D eigenvalue weighted by molar-refractivity contribution is 7.22. The molecule has 0 radical (unpaired) electrons. The van der Waals surface area contributed by atoms with Gasteiger partial charge in [0.15, 0.2) is 0 Å². The average molecular weight is 471 g/mol. The van der Waals surface area contributed by atoms with Crippen molar-refractivity contribution in [2.75, 3.05) is 4.90 Å². The predicted octanol–water partition coefficient (Wildman–Crippen LogP) is 4.98. The molecule has 2 aromatic rings. The van der Waals surface area contributed by atoms with Gasteiger partial charge in [-0.3, -0.25) is 14.4 Å². The third-order valence-corrected chi connectivity index (χ3v) is 6.50. The minimum atomic E-state index is -0.916.